The summed E-state index contributed by atoms with van der Waals surface area (Å²) in [6, 6.07) is 8.63. The molecule has 2 aromatic rings. The molecule has 0 radical (unpaired) electrons. The number of carbonyl (C=O) groups is 1. The summed E-state index contributed by atoms with van der Waals surface area (Å²) in [5, 5.41) is 7.73. The first-order valence-electron chi connectivity index (χ1n) is 9.41. The number of likely N-dealkylation sites (tertiary alicyclic amines) is 1. The molecule has 1 saturated carbocycles. The number of hydrogen-bond donors (Lipinski definition) is 1. The molecule has 5 nitrogen and oxygen atoms in total. The van der Waals surface area contributed by atoms with Gasteiger partial charge in [-0.15, -0.1) is 0 Å². The first-order chi connectivity index (χ1) is 12.7. The zero-order chi connectivity index (χ0) is 17.7. The van der Waals surface area contributed by atoms with Gasteiger partial charge in [-0.3, -0.25) is 9.48 Å². The highest BCUT2D eigenvalue weighted by molar-refractivity contribution is 5.86. The lowest BCUT2D eigenvalue weighted by molar-refractivity contribution is -0.139. The Balaban J connectivity index is 1.46. The summed E-state index contributed by atoms with van der Waals surface area (Å²) in [5.41, 5.74) is 0.591. The van der Waals surface area contributed by atoms with Gasteiger partial charge in [-0.05, 0) is 42.5 Å². The Morgan fingerprint density at radius 3 is 2.92 bits per heavy atom. The van der Waals surface area contributed by atoms with Crippen LogP contribution in [0.4, 0.5) is 4.39 Å². The molecule has 3 fully saturated rings. The molecule has 3 aliphatic rings. The van der Waals surface area contributed by atoms with Crippen molar-refractivity contribution >= 4 is 5.91 Å². The minimum atomic E-state index is -0.330. The predicted molar refractivity (Wildman–Crippen MR) is 94.6 cm³/mol. The molecule has 2 aliphatic heterocycles. The maximum atomic E-state index is 13.9. The zero-order valence-corrected chi connectivity index (χ0v) is 14.6. The highest BCUT2D eigenvalue weighted by Gasteiger charge is 2.56. The Kier molecular flexibility index (Phi) is 3.64. The number of hydrogen-bond acceptors (Lipinski definition) is 3. The van der Waals surface area contributed by atoms with Crippen LogP contribution in [0.3, 0.4) is 0 Å². The molecule has 0 spiro atoms. The summed E-state index contributed by atoms with van der Waals surface area (Å²) in [6.45, 7) is 3.23. The van der Waals surface area contributed by atoms with Crippen molar-refractivity contribution < 1.29 is 9.18 Å². The summed E-state index contributed by atoms with van der Waals surface area (Å²) >= 11 is 0. The Hall–Kier alpha value is -2.21. The van der Waals surface area contributed by atoms with E-state index in [9.17, 15) is 9.18 Å². The number of rotatable bonds is 4. The summed E-state index contributed by atoms with van der Waals surface area (Å²) in [6.07, 6.45) is 5.49. The maximum absolute atomic E-state index is 13.9. The van der Waals surface area contributed by atoms with Crippen molar-refractivity contribution in [1.82, 2.24) is 20.0 Å². The van der Waals surface area contributed by atoms with Crippen molar-refractivity contribution in [2.45, 2.75) is 25.4 Å². The van der Waals surface area contributed by atoms with Crippen molar-refractivity contribution in [2.24, 2.45) is 17.3 Å². The van der Waals surface area contributed by atoms with E-state index in [0.29, 0.717) is 18.4 Å². The van der Waals surface area contributed by atoms with Gasteiger partial charge in [0.05, 0.1) is 18.0 Å². The molecule has 0 bridgehead atoms. The number of benzene rings is 1. The van der Waals surface area contributed by atoms with Crippen molar-refractivity contribution in [2.75, 3.05) is 19.6 Å². The van der Waals surface area contributed by atoms with Crippen LogP contribution in [0.1, 0.15) is 24.4 Å². The van der Waals surface area contributed by atoms with Crippen LogP contribution in [-0.4, -0.2) is 40.2 Å². The number of carbonyl (C=O) groups excluding carboxylic acids is 1. The summed E-state index contributed by atoms with van der Waals surface area (Å²) < 4.78 is 15.7. The van der Waals surface area contributed by atoms with Gasteiger partial charge in [0.15, 0.2) is 0 Å². The molecule has 0 unspecified atom stereocenters. The van der Waals surface area contributed by atoms with Crippen molar-refractivity contribution in [3.8, 4) is 0 Å². The fourth-order valence-electron chi connectivity index (χ4n) is 4.85. The SMILES string of the molecule is O=C(N1C[C@@H]2CNC[C@@H]2[C@H]1c1cccc(F)c1)C1(Cn2cccn2)CC1. The van der Waals surface area contributed by atoms with Gasteiger partial charge in [-0.2, -0.15) is 5.10 Å². The molecule has 6 heteroatoms. The van der Waals surface area contributed by atoms with Crippen LogP contribution < -0.4 is 5.32 Å². The molecule has 1 N–H and O–H groups in total. The third-order valence-electron chi connectivity index (χ3n) is 6.35. The summed E-state index contributed by atoms with van der Waals surface area (Å²) in [4.78, 5) is 15.6. The van der Waals surface area contributed by atoms with Crippen molar-refractivity contribution in [3.05, 3.63) is 54.1 Å². The first-order valence-corrected chi connectivity index (χ1v) is 9.41. The number of nitrogens with one attached hydrogen (secondary N) is 1. The van der Waals surface area contributed by atoms with Crippen LogP contribution in [0.25, 0.3) is 0 Å². The van der Waals surface area contributed by atoms with E-state index in [1.807, 2.05) is 27.9 Å². The molecule has 3 atom stereocenters. The molecule has 5 rings (SSSR count). The van der Waals surface area contributed by atoms with E-state index in [4.69, 9.17) is 0 Å². The second-order valence-electron chi connectivity index (χ2n) is 8.02. The van der Waals surface area contributed by atoms with Gasteiger partial charge in [-0.25, -0.2) is 4.39 Å². The molecular formula is C20H23FN4O. The summed E-state index contributed by atoms with van der Waals surface area (Å²) in [7, 11) is 0. The molecule has 26 heavy (non-hydrogen) atoms. The first kappa shape index (κ1) is 16.0. The Labute approximate surface area is 152 Å². The van der Waals surface area contributed by atoms with Gasteiger partial charge in [0.1, 0.15) is 5.82 Å². The third kappa shape index (κ3) is 2.55. The topological polar surface area (TPSA) is 50.2 Å². The molecule has 3 heterocycles. The average molecular weight is 354 g/mol. The van der Waals surface area contributed by atoms with Gasteiger partial charge in [-0.1, -0.05) is 12.1 Å². The molecular weight excluding hydrogens is 331 g/mol. The Morgan fingerprint density at radius 1 is 1.31 bits per heavy atom. The third-order valence-corrected chi connectivity index (χ3v) is 6.35. The molecule has 2 saturated heterocycles. The minimum absolute atomic E-state index is 0.0340. The fourth-order valence-corrected chi connectivity index (χ4v) is 4.85. The van der Waals surface area contributed by atoms with Gasteiger partial charge >= 0.3 is 0 Å². The van der Waals surface area contributed by atoms with Gasteiger partial charge in [0.2, 0.25) is 5.91 Å². The van der Waals surface area contributed by atoms with E-state index < -0.39 is 0 Å². The van der Waals surface area contributed by atoms with E-state index in [2.05, 4.69) is 10.4 Å². The second-order valence-corrected chi connectivity index (χ2v) is 8.02. The van der Waals surface area contributed by atoms with Crippen LogP contribution in [0.2, 0.25) is 0 Å². The fraction of sp³-hybridized carbons (Fsp3) is 0.500. The molecule has 1 aliphatic carbocycles. The van der Waals surface area contributed by atoms with Crippen LogP contribution >= 0.6 is 0 Å². The summed E-state index contributed by atoms with van der Waals surface area (Å²) in [5.74, 6) is 0.799. The second kappa shape index (κ2) is 5.91. The van der Waals surface area contributed by atoms with Gasteiger partial charge in [0.25, 0.3) is 0 Å². The maximum Gasteiger partial charge on any atom is 0.231 e. The monoisotopic (exact) mass is 354 g/mol. The van der Waals surface area contributed by atoms with Crippen LogP contribution in [0.5, 0.6) is 0 Å². The number of nitrogens with zero attached hydrogens (tertiary/aromatic N) is 3. The smallest absolute Gasteiger partial charge is 0.231 e. The van der Waals surface area contributed by atoms with Crippen molar-refractivity contribution in [1.29, 1.82) is 0 Å². The minimum Gasteiger partial charge on any atom is -0.334 e. The molecule has 1 aromatic heterocycles. The van der Waals surface area contributed by atoms with Crippen LogP contribution in [-0.2, 0) is 11.3 Å². The molecule has 1 amide bonds. The lowest BCUT2D eigenvalue weighted by Crippen LogP contribution is -2.41. The van der Waals surface area contributed by atoms with Gasteiger partial charge in [0, 0.05) is 37.9 Å². The van der Waals surface area contributed by atoms with Crippen LogP contribution in [0.15, 0.2) is 42.7 Å². The lowest BCUT2D eigenvalue weighted by Gasteiger charge is -2.31. The number of halogens is 1. The highest BCUT2D eigenvalue weighted by Crippen LogP contribution is 2.52. The van der Waals surface area contributed by atoms with Gasteiger partial charge < -0.3 is 10.2 Å². The standard InChI is InChI=1S/C20H23FN4O/c21-16-4-1-3-14(9-16)18-17-11-22-10-15(17)12-25(18)19(26)20(5-6-20)13-24-8-2-7-23-24/h1-4,7-9,15,17-18,22H,5-6,10-13H2/t15-,17-,18+/m0/s1. The zero-order valence-electron chi connectivity index (χ0n) is 14.6. The van der Waals surface area contributed by atoms with Crippen molar-refractivity contribution in [3.63, 3.8) is 0 Å². The lowest BCUT2D eigenvalue weighted by atomic mass is 9.89. The number of fused-ring (bicyclic) bond motifs is 1. The quantitative estimate of drug-likeness (QED) is 0.916. The molecule has 1 aromatic carbocycles. The largest absolute Gasteiger partial charge is 0.334 e. The Morgan fingerprint density at radius 2 is 2.19 bits per heavy atom. The highest BCUT2D eigenvalue weighted by atomic mass is 19.1. The van der Waals surface area contributed by atoms with E-state index in [-0.39, 0.29) is 23.2 Å². The Bertz CT molecular complexity index is 817. The van der Waals surface area contributed by atoms with E-state index in [1.165, 1.54) is 6.07 Å². The van der Waals surface area contributed by atoms with E-state index >= 15 is 0 Å². The average Bonchev–Trinajstić information content (AvgIpc) is 2.99. The van der Waals surface area contributed by atoms with Crippen LogP contribution in [0, 0.1) is 23.1 Å². The van der Waals surface area contributed by atoms with E-state index in [1.54, 1.807) is 18.3 Å². The van der Waals surface area contributed by atoms with E-state index in [0.717, 1.165) is 38.0 Å². The predicted octanol–water partition coefficient (Wildman–Crippen LogP) is 2.22. The number of amides is 1. The normalized spacial score (nSPS) is 29.0. The molecule has 136 valence electrons. The number of aromatic nitrogens is 2.